The lowest BCUT2D eigenvalue weighted by Crippen LogP contribution is -2.28. The van der Waals surface area contributed by atoms with Crippen LogP contribution in [-0.2, 0) is 29.2 Å². The molecule has 0 aromatic heterocycles. The van der Waals surface area contributed by atoms with E-state index in [0.29, 0.717) is 18.5 Å². The number of nitrogens with zero attached hydrogens (tertiary/aromatic N) is 1. The minimum Gasteiger partial charge on any atom is -0.364 e. The van der Waals surface area contributed by atoms with Gasteiger partial charge in [0, 0.05) is 18.3 Å². The Hall–Kier alpha value is -2.06. The van der Waals surface area contributed by atoms with Gasteiger partial charge in [-0.2, -0.15) is 13.2 Å². The first-order chi connectivity index (χ1) is 11.6. The van der Waals surface area contributed by atoms with Crippen molar-refractivity contribution in [2.45, 2.75) is 37.0 Å². The molecule has 2 aromatic rings. The van der Waals surface area contributed by atoms with Crippen molar-refractivity contribution in [3.05, 3.63) is 59.2 Å². The number of nitrogens with two attached hydrogens (primary N) is 1. The highest BCUT2D eigenvalue weighted by Gasteiger charge is 2.31. The zero-order valence-electron chi connectivity index (χ0n) is 13.4. The Balaban J connectivity index is 1.91. The van der Waals surface area contributed by atoms with Crippen molar-refractivity contribution in [2.24, 2.45) is 5.14 Å². The predicted octanol–water partition coefficient (Wildman–Crippen LogP) is 3.30. The van der Waals surface area contributed by atoms with Crippen LogP contribution in [0.5, 0.6) is 0 Å². The standard InChI is InChI=1S/C17H17F3N2O2S/c1-11-7-13-9-15(25(21,23)24)5-6-16(13)22(11)10-12-3-2-4-14(8-12)17(18,19)20/h2-6,8-9,11H,7,10H2,1H3,(H2,21,23,24)/t11-/m1/s1. The normalized spacial score (nSPS) is 17.6. The van der Waals surface area contributed by atoms with Gasteiger partial charge in [-0.3, -0.25) is 0 Å². The smallest absolute Gasteiger partial charge is 0.364 e. The van der Waals surface area contributed by atoms with E-state index >= 15 is 0 Å². The van der Waals surface area contributed by atoms with E-state index in [-0.39, 0.29) is 10.9 Å². The number of rotatable bonds is 3. The number of sulfonamides is 1. The van der Waals surface area contributed by atoms with E-state index in [9.17, 15) is 21.6 Å². The van der Waals surface area contributed by atoms with Crippen LogP contribution < -0.4 is 10.0 Å². The van der Waals surface area contributed by atoms with Crippen LogP contribution in [0.25, 0.3) is 0 Å². The molecule has 1 aliphatic heterocycles. The molecule has 3 rings (SSSR count). The molecule has 1 aliphatic rings. The quantitative estimate of drug-likeness (QED) is 0.902. The summed E-state index contributed by atoms with van der Waals surface area (Å²) in [6.45, 7) is 2.26. The summed E-state index contributed by atoms with van der Waals surface area (Å²) in [7, 11) is -3.78. The monoisotopic (exact) mass is 370 g/mol. The number of halogens is 3. The number of hydrogen-bond acceptors (Lipinski definition) is 3. The van der Waals surface area contributed by atoms with Crippen LogP contribution in [0, 0.1) is 0 Å². The topological polar surface area (TPSA) is 63.4 Å². The van der Waals surface area contributed by atoms with E-state index < -0.39 is 21.8 Å². The molecule has 0 radical (unpaired) electrons. The molecule has 25 heavy (non-hydrogen) atoms. The molecule has 0 saturated carbocycles. The summed E-state index contributed by atoms with van der Waals surface area (Å²) >= 11 is 0. The van der Waals surface area contributed by atoms with Crippen LogP contribution >= 0.6 is 0 Å². The molecule has 4 nitrogen and oxygen atoms in total. The minimum absolute atomic E-state index is 0.0411. The highest BCUT2D eigenvalue weighted by atomic mass is 32.2. The summed E-state index contributed by atoms with van der Waals surface area (Å²) in [6.07, 6.45) is -3.77. The molecular formula is C17H17F3N2O2S. The van der Waals surface area contributed by atoms with Crippen LogP contribution in [-0.4, -0.2) is 14.5 Å². The Morgan fingerprint density at radius 2 is 1.92 bits per heavy atom. The predicted molar refractivity (Wildman–Crippen MR) is 88.6 cm³/mol. The zero-order valence-corrected chi connectivity index (χ0v) is 14.2. The second kappa shape index (κ2) is 6.03. The van der Waals surface area contributed by atoms with Crippen LogP contribution in [0.4, 0.5) is 18.9 Å². The average Bonchev–Trinajstić information content (AvgIpc) is 2.81. The second-order valence-electron chi connectivity index (χ2n) is 6.21. The van der Waals surface area contributed by atoms with Gasteiger partial charge < -0.3 is 4.90 Å². The summed E-state index contributed by atoms with van der Waals surface area (Å²) in [4.78, 5) is 2.01. The molecule has 0 saturated heterocycles. The number of benzene rings is 2. The molecule has 2 N–H and O–H groups in total. The van der Waals surface area contributed by atoms with Crippen LogP contribution in [0.15, 0.2) is 47.4 Å². The molecule has 0 bridgehead atoms. The van der Waals surface area contributed by atoms with Crippen molar-refractivity contribution >= 4 is 15.7 Å². The van der Waals surface area contributed by atoms with Crippen molar-refractivity contribution in [1.82, 2.24) is 0 Å². The summed E-state index contributed by atoms with van der Waals surface area (Å²) in [5.41, 5.74) is 1.51. The third kappa shape index (κ3) is 3.64. The van der Waals surface area contributed by atoms with Gasteiger partial charge in [-0.25, -0.2) is 13.6 Å². The second-order valence-corrected chi connectivity index (χ2v) is 7.78. The summed E-state index contributed by atoms with van der Waals surface area (Å²) in [5.74, 6) is 0. The molecule has 0 fully saturated rings. The van der Waals surface area contributed by atoms with Crippen molar-refractivity contribution < 1.29 is 21.6 Å². The van der Waals surface area contributed by atoms with Gasteiger partial charge in [-0.15, -0.1) is 0 Å². The number of anilines is 1. The highest BCUT2D eigenvalue weighted by Crippen LogP contribution is 2.35. The summed E-state index contributed by atoms with van der Waals surface area (Å²) in [5, 5.41) is 5.15. The van der Waals surface area contributed by atoms with Crippen molar-refractivity contribution in [3.8, 4) is 0 Å². The fraction of sp³-hybridized carbons (Fsp3) is 0.294. The Morgan fingerprint density at radius 1 is 1.20 bits per heavy atom. The van der Waals surface area contributed by atoms with E-state index in [0.717, 1.165) is 23.4 Å². The lowest BCUT2D eigenvalue weighted by molar-refractivity contribution is -0.137. The van der Waals surface area contributed by atoms with Gasteiger partial charge in [0.1, 0.15) is 0 Å². The molecule has 1 atom stereocenters. The van der Waals surface area contributed by atoms with Crippen LogP contribution in [0.3, 0.4) is 0 Å². The fourth-order valence-corrected chi connectivity index (χ4v) is 3.70. The Morgan fingerprint density at radius 3 is 2.56 bits per heavy atom. The maximum Gasteiger partial charge on any atom is 0.416 e. The molecule has 0 amide bonds. The van der Waals surface area contributed by atoms with Gasteiger partial charge in [-0.1, -0.05) is 12.1 Å². The van der Waals surface area contributed by atoms with Crippen molar-refractivity contribution in [2.75, 3.05) is 4.90 Å². The molecule has 0 unspecified atom stereocenters. The summed E-state index contributed by atoms with van der Waals surface area (Å²) < 4.78 is 61.6. The minimum atomic E-state index is -4.38. The molecule has 1 heterocycles. The molecule has 8 heteroatoms. The maximum atomic E-state index is 12.9. The fourth-order valence-electron chi connectivity index (χ4n) is 3.13. The van der Waals surface area contributed by atoms with Crippen molar-refractivity contribution in [1.29, 1.82) is 0 Å². The lowest BCUT2D eigenvalue weighted by Gasteiger charge is -2.25. The van der Waals surface area contributed by atoms with Gasteiger partial charge in [-0.05, 0) is 54.8 Å². The average molecular weight is 370 g/mol. The van der Waals surface area contributed by atoms with Crippen molar-refractivity contribution in [3.63, 3.8) is 0 Å². The van der Waals surface area contributed by atoms with Gasteiger partial charge in [0.25, 0.3) is 0 Å². The highest BCUT2D eigenvalue weighted by molar-refractivity contribution is 7.89. The largest absolute Gasteiger partial charge is 0.416 e. The molecule has 134 valence electrons. The number of hydrogen-bond donors (Lipinski definition) is 1. The van der Waals surface area contributed by atoms with Gasteiger partial charge in [0.2, 0.25) is 10.0 Å². The molecular weight excluding hydrogens is 353 g/mol. The van der Waals surface area contributed by atoms with Crippen LogP contribution in [0.1, 0.15) is 23.6 Å². The van der Waals surface area contributed by atoms with E-state index in [4.69, 9.17) is 5.14 Å². The van der Waals surface area contributed by atoms with E-state index in [2.05, 4.69) is 0 Å². The number of primary sulfonamides is 1. The first-order valence-corrected chi connectivity index (χ1v) is 9.19. The van der Waals surface area contributed by atoms with Gasteiger partial charge in [0.05, 0.1) is 10.5 Å². The van der Waals surface area contributed by atoms with E-state index in [1.807, 2.05) is 11.8 Å². The number of fused-ring (bicyclic) bond motifs is 1. The lowest BCUT2D eigenvalue weighted by atomic mass is 10.1. The first-order valence-electron chi connectivity index (χ1n) is 7.64. The maximum absolute atomic E-state index is 12.9. The van der Waals surface area contributed by atoms with Gasteiger partial charge >= 0.3 is 6.18 Å². The Kier molecular flexibility index (Phi) is 4.28. The Bertz CT molecular complexity index is 910. The zero-order chi connectivity index (χ0) is 18.4. The third-order valence-electron chi connectivity index (χ3n) is 4.34. The third-order valence-corrected chi connectivity index (χ3v) is 5.25. The molecule has 2 aromatic carbocycles. The molecule has 0 aliphatic carbocycles. The SMILES string of the molecule is C[C@@H]1Cc2cc(S(N)(=O)=O)ccc2N1Cc1cccc(C(F)(F)F)c1. The Labute approximate surface area is 144 Å². The van der Waals surface area contributed by atoms with Gasteiger partial charge in [0.15, 0.2) is 0 Å². The van der Waals surface area contributed by atoms with Crippen LogP contribution in [0.2, 0.25) is 0 Å². The number of alkyl halides is 3. The van der Waals surface area contributed by atoms with E-state index in [1.54, 1.807) is 12.1 Å². The summed E-state index contributed by atoms with van der Waals surface area (Å²) in [6, 6.07) is 9.89. The first kappa shape index (κ1) is 17.8. The van der Waals surface area contributed by atoms with E-state index in [1.165, 1.54) is 18.2 Å². The molecule has 0 spiro atoms.